The molecular formula is C19H39N. The van der Waals surface area contributed by atoms with Gasteiger partial charge in [-0.1, -0.05) is 85.0 Å². The molecule has 1 saturated heterocycles. The molecule has 0 aliphatic carbocycles. The molecule has 0 bridgehead atoms. The molecule has 1 heterocycles. The second kappa shape index (κ2) is 10.7. The first-order chi connectivity index (χ1) is 9.71. The Morgan fingerprint density at radius 2 is 1.40 bits per heavy atom. The summed E-state index contributed by atoms with van der Waals surface area (Å²) in [6.45, 7) is 8.34. The smallest absolute Gasteiger partial charge is 0.0204 e. The molecule has 1 fully saturated rings. The molecule has 1 unspecified atom stereocenters. The maximum Gasteiger partial charge on any atom is 0.0204 e. The van der Waals surface area contributed by atoms with Crippen LogP contribution in [0, 0.1) is 5.92 Å². The van der Waals surface area contributed by atoms with E-state index in [1.807, 2.05) is 0 Å². The maximum absolute atomic E-state index is 3.80. The Labute approximate surface area is 128 Å². The zero-order valence-corrected chi connectivity index (χ0v) is 14.5. The van der Waals surface area contributed by atoms with Crippen molar-refractivity contribution < 1.29 is 0 Å². The van der Waals surface area contributed by atoms with Crippen molar-refractivity contribution in [3.63, 3.8) is 0 Å². The lowest BCUT2D eigenvalue weighted by molar-refractivity contribution is 0.243. The fraction of sp³-hybridized carbons (Fsp3) is 1.00. The van der Waals surface area contributed by atoms with Crippen LogP contribution in [0.2, 0.25) is 0 Å². The van der Waals surface area contributed by atoms with E-state index in [2.05, 4.69) is 26.1 Å². The van der Waals surface area contributed by atoms with Crippen LogP contribution in [0.5, 0.6) is 0 Å². The van der Waals surface area contributed by atoms with Gasteiger partial charge < -0.3 is 5.32 Å². The molecule has 1 nitrogen and oxygen atoms in total. The van der Waals surface area contributed by atoms with Crippen LogP contribution in [0.25, 0.3) is 0 Å². The second-order valence-corrected chi connectivity index (χ2v) is 7.27. The van der Waals surface area contributed by atoms with E-state index >= 15 is 0 Å². The lowest BCUT2D eigenvalue weighted by Crippen LogP contribution is -2.44. The Hall–Kier alpha value is -0.0400. The predicted octanol–water partition coefficient (Wildman–Crippen LogP) is 6.08. The highest BCUT2D eigenvalue weighted by Gasteiger charge is 2.35. The van der Waals surface area contributed by atoms with Gasteiger partial charge in [0.15, 0.2) is 0 Å². The Morgan fingerprint density at radius 3 is 1.85 bits per heavy atom. The lowest BCUT2D eigenvalue weighted by atomic mass is 9.80. The monoisotopic (exact) mass is 281 g/mol. The lowest BCUT2D eigenvalue weighted by Gasteiger charge is -2.34. The summed E-state index contributed by atoms with van der Waals surface area (Å²) in [7, 11) is 0. The van der Waals surface area contributed by atoms with Crippen molar-refractivity contribution in [3.05, 3.63) is 0 Å². The first-order valence-corrected chi connectivity index (χ1v) is 9.46. The quantitative estimate of drug-likeness (QED) is 0.428. The Bertz CT molecular complexity index is 216. The van der Waals surface area contributed by atoms with Gasteiger partial charge in [-0.15, -0.1) is 0 Å². The average Bonchev–Trinajstić information content (AvgIpc) is 2.91. The SMILES string of the molecule is CCCCCCCCCCCCC1(C(C)C)CCCN1. The van der Waals surface area contributed by atoms with Crippen LogP contribution in [0.4, 0.5) is 0 Å². The van der Waals surface area contributed by atoms with Gasteiger partial charge in [0, 0.05) is 5.54 Å². The molecule has 1 aliphatic rings. The predicted molar refractivity (Wildman–Crippen MR) is 91.3 cm³/mol. The van der Waals surface area contributed by atoms with E-state index in [9.17, 15) is 0 Å². The summed E-state index contributed by atoms with van der Waals surface area (Å²) in [5.74, 6) is 0.795. The van der Waals surface area contributed by atoms with E-state index < -0.39 is 0 Å². The van der Waals surface area contributed by atoms with Crippen LogP contribution in [0.3, 0.4) is 0 Å². The van der Waals surface area contributed by atoms with E-state index in [4.69, 9.17) is 0 Å². The van der Waals surface area contributed by atoms with Gasteiger partial charge in [0.1, 0.15) is 0 Å². The van der Waals surface area contributed by atoms with Gasteiger partial charge in [0.25, 0.3) is 0 Å². The van der Waals surface area contributed by atoms with E-state index in [0.717, 1.165) is 5.92 Å². The molecule has 0 amide bonds. The average molecular weight is 282 g/mol. The van der Waals surface area contributed by atoms with Gasteiger partial charge >= 0.3 is 0 Å². The normalized spacial score (nSPS) is 22.8. The van der Waals surface area contributed by atoms with Crippen LogP contribution in [0.1, 0.15) is 104 Å². The highest BCUT2D eigenvalue weighted by atomic mass is 15.0. The fourth-order valence-electron chi connectivity index (χ4n) is 3.75. The van der Waals surface area contributed by atoms with Crippen molar-refractivity contribution in [2.45, 2.75) is 110 Å². The molecule has 1 rings (SSSR count). The van der Waals surface area contributed by atoms with Crippen molar-refractivity contribution in [1.29, 1.82) is 0 Å². The van der Waals surface area contributed by atoms with Crippen molar-refractivity contribution in [1.82, 2.24) is 5.32 Å². The molecule has 1 atom stereocenters. The van der Waals surface area contributed by atoms with Gasteiger partial charge in [-0.25, -0.2) is 0 Å². The van der Waals surface area contributed by atoms with Crippen LogP contribution >= 0.6 is 0 Å². The van der Waals surface area contributed by atoms with Crippen molar-refractivity contribution in [2.75, 3.05) is 6.54 Å². The first-order valence-electron chi connectivity index (χ1n) is 9.46. The molecule has 0 aromatic carbocycles. The van der Waals surface area contributed by atoms with Crippen molar-refractivity contribution in [2.24, 2.45) is 5.92 Å². The number of nitrogens with one attached hydrogen (secondary N) is 1. The number of hydrogen-bond donors (Lipinski definition) is 1. The van der Waals surface area contributed by atoms with Crippen LogP contribution in [0.15, 0.2) is 0 Å². The number of unbranched alkanes of at least 4 members (excludes halogenated alkanes) is 9. The Kier molecular flexibility index (Phi) is 9.59. The third kappa shape index (κ3) is 6.61. The number of hydrogen-bond acceptors (Lipinski definition) is 1. The van der Waals surface area contributed by atoms with E-state index in [1.54, 1.807) is 0 Å². The number of rotatable bonds is 12. The first kappa shape index (κ1) is 18.0. The molecule has 0 spiro atoms. The molecule has 0 aromatic rings. The van der Waals surface area contributed by atoms with Gasteiger partial charge in [-0.05, 0) is 31.7 Å². The molecule has 1 N–H and O–H groups in total. The second-order valence-electron chi connectivity index (χ2n) is 7.27. The van der Waals surface area contributed by atoms with Gasteiger partial charge in [0.2, 0.25) is 0 Å². The highest BCUT2D eigenvalue weighted by Crippen LogP contribution is 2.32. The van der Waals surface area contributed by atoms with Gasteiger partial charge in [-0.3, -0.25) is 0 Å². The minimum atomic E-state index is 0.486. The third-order valence-electron chi connectivity index (χ3n) is 5.36. The van der Waals surface area contributed by atoms with Crippen LogP contribution < -0.4 is 5.32 Å². The molecule has 120 valence electrons. The third-order valence-corrected chi connectivity index (χ3v) is 5.36. The molecule has 1 heteroatoms. The molecule has 0 saturated carbocycles. The molecule has 20 heavy (non-hydrogen) atoms. The van der Waals surface area contributed by atoms with Crippen LogP contribution in [-0.4, -0.2) is 12.1 Å². The summed E-state index contributed by atoms with van der Waals surface area (Å²) in [6, 6.07) is 0. The van der Waals surface area contributed by atoms with Crippen molar-refractivity contribution >= 4 is 0 Å². The fourth-order valence-corrected chi connectivity index (χ4v) is 3.75. The Morgan fingerprint density at radius 1 is 0.850 bits per heavy atom. The Balaban J connectivity index is 1.94. The van der Waals surface area contributed by atoms with Gasteiger partial charge in [-0.2, -0.15) is 0 Å². The minimum absolute atomic E-state index is 0.486. The topological polar surface area (TPSA) is 12.0 Å². The van der Waals surface area contributed by atoms with E-state index in [1.165, 1.54) is 90.0 Å². The maximum atomic E-state index is 3.80. The summed E-state index contributed by atoms with van der Waals surface area (Å²) < 4.78 is 0. The standard InChI is InChI=1S/C19H39N/c1-4-5-6-7-8-9-10-11-12-13-15-19(18(2)3)16-14-17-20-19/h18,20H,4-17H2,1-3H3. The van der Waals surface area contributed by atoms with Gasteiger partial charge in [0.05, 0.1) is 0 Å². The summed E-state index contributed by atoms with van der Waals surface area (Å²) in [4.78, 5) is 0. The zero-order chi connectivity index (χ0) is 14.7. The van der Waals surface area contributed by atoms with Crippen LogP contribution in [-0.2, 0) is 0 Å². The summed E-state index contributed by atoms with van der Waals surface area (Å²) in [5.41, 5.74) is 0.486. The molecule has 0 radical (unpaired) electrons. The largest absolute Gasteiger partial charge is 0.311 e. The summed E-state index contributed by atoms with van der Waals surface area (Å²) >= 11 is 0. The summed E-state index contributed by atoms with van der Waals surface area (Å²) in [5, 5.41) is 3.80. The summed E-state index contributed by atoms with van der Waals surface area (Å²) in [6.07, 6.45) is 18.7. The molecule has 1 aliphatic heterocycles. The minimum Gasteiger partial charge on any atom is -0.311 e. The molecular weight excluding hydrogens is 242 g/mol. The highest BCUT2D eigenvalue weighted by molar-refractivity contribution is 4.95. The van der Waals surface area contributed by atoms with E-state index in [-0.39, 0.29) is 0 Å². The zero-order valence-electron chi connectivity index (χ0n) is 14.5. The molecule has 0 aromatic heterocycles. The van der Waals surface area contributed by atoms with Crippen molar-refractivity contribution in [3.8, 4) is 0 Å². The van der Waals surface area contributed by atoms with E-state index in [0.29, 0.717) is 5.54 Å².